The Balaban J connectivity index is 1.76. The van der Waals surface area contributed by atoms with Crippen molar-refractivity contribution in [3.63, 3.8) is 0 Å². The number of benzene rings is 2. The number of para-hydroxylation sites is 1. The molecule has 0 aliphatic rings. The van der Waals surface area contributed by atoms with Gasteiger partial charge in [-0.1, -0.05) is 24.3 Å². The molecular weight excluding hydrogens is 356 g/mol. The minimum atomic E-state index is -0.451. The van der Waals surface area contributed by atoms with Gasteiger partial charge in [-0.15, -0.1) is 0 Å². The maximum atomic E-state index is 12.5. The molecule has 1 unspecified atom stereocenters. The smallest absolute Gasteiger partial charge is 0.258 e. The van der Waals surface area contributed by atoms with Crippen LogP contribution in [0.2, 0.25) is 0 Å². The molecule has 0 bridgehead atoms. The van der Waals surface area contributed by atoms with E-state index in [0.717, 1.165) is 11.3 Å². The molecule has 142 valence electrons. The van der Waals surface area contributed by atoms with E-state index in [-0.39, 0.29) is 12.5 Å². The summed E-state index contributed by atoms with van der Waals surface area (Å²) in [5.74, 6) is 1.47. The summed E-state index contributed by atoms with van der Waals surface area (Å²) in [7, 11) is 3.47. The van der Waals surface area contributed by atoms with Gasteiger partial charge in [0, 0.05) is 19.4 Å². The molecule has 7 nitrogen and oxygen atoms in total. The van der Waals surface area contributed by atoms with Crippen molar-refractivity contribution in [1.82, 2.24) is 14.9 Å². The van der Waals surface area contributed by atoms with Crippen LogP contribution in [0.1, 0.15) is 23.0 Å². The number of aryl methyl sites for hydroxylation is 1. The van der Waals surface area contributed by atoms with Crippen LogP contribution in [0.4, 0.5) is 0 Å². The minimum Gasteiger partial charge on any atom is -0.497 e. The van der Waals surface area contributed by atoms with Crippen molar-refractivity contribution in [2.75, 3.05) is 13.7 Å². The second-order valence-corrected chi connectivity index (χ2v) is 6.07. The number of nitrogens with zero attached hydrogens (tertiary/aromatic N) is 3. The Morgan fingerprint density at radius 1 is 1.25 bits per heavy atom. The molecule has 3 aromatic rings. The first-order valence-corrected chi connectivity index (χ1v) is 8.65. The van der Waals surface area contributed by atoms with Gasteiger partial charge in [0.25, 0.3) is 5.91 Å². The lowest BCUT2D eigenvalue weighted by atomic mass is 10.1. The number of rotatable bonds is 7. The number of aromatic nitrogens is 2. The molecule has 0 aliphatic carbocycles. The van der Waals surface area contributed by atoms with Crippen molar-refractivity contribution in [3.8, 4) is 17.6 Å². The number of carbonyl (C=O) groups is 1. The number of nitrogens with one attached hydrogen (secondary N) is 1. The number of amides is 1. The van der Waals surface area contributed by atoms with Crippen LogP contribution in [-0.2, 0) is 11.8 Å². The molecule has 0 saturated carbocycles. The van der Waals surface area contributed by atoms with Gasteiger partial charge in [0.2, 0.25) is 0 Å². The van der Waals surface area contributed by atoms with Crippen LogP contribution in [0.15, 0.2) is 60.9 Å². The summed E-state index contributed by atoms with van der Waals surface area (Å²) in [5, 5.41) is 12.1. The molecule has 28 heavy (non-hydrogen) atoms. The topological polar surface area (TPSA) is 89.2 Å². The van der Waals surface area contributed by atoms with Crippen molar-refractivity contribution < 1.29 is 14.3 Å². The SMILES string of the molecule is COc1ccc(C(NC(=O)COc2ccccc2C#N)c2nccn2C)cc1. The zero-order valence-corrected chi connectivity index (χ0v) is 15.6. The average Bonchev–Trinajstić information content (AvgIpc) is 3.16. The molecule has 0 saturated heterocycles. The second-order valence-electron chi connectivity index (χ2n) is 6.07. The third-order valence-electron chi connectivity index (χ3n) is 4.24. The Morgan fingerprint density at radius 3 is 2.64 bits per heavy atom. The van der Waals surface area contributed by atoms with Crippen molar-refractivity contribution in [1.29, 1.82) is 5.26 Å². The van der Waals surface area contributed by atoms with Gasteiger partial charge in [-0.05, 0) is 29.8 Å². The van der Waals surface area contributed by atoms with E-state index in [2.05, 4.69) is 10.3 Å². The van der Waals surface area contributed by atoms with Crippen molar-refractivity contribution in [2.24, 2.45) is 7.05 Å². The highest BCUT2D eigenvalue weighted by Crippen LogP contribution is 2.23. The number of hydrogen-bond acceptors (Lipinski definition) is 5. The maximum Gasteiger partial charge on any atom is 0.258 e. The Hall–Kier alpha value is -3.79. The van der Waals surface area contributed by atoms with Crippen LogP contribution in [0, 0.1) is 11.3 Å². The highest BCUT2D eigenvalue weighted by Gasteiger charge is 2.21. The first kappa shape index (κ1) is 19.0. The predicted molar refractivity (Wildman–Crippen MR) is 103 cm³/mol. The summed E-state index contributed by atoms with van der Waals surface area (Å²) >= 11 is 0. The van der Waals surface area contributed by atoms with Crippen molar-refractivity contribution in [3.05, 3.63) is 77.9 Å². The Kier molecular flexibility index (Phi) is 5.92. The predicted octanol–water partition coefficient (Wildman–Crippen LogP) is 2.58. The molecule has 0 fully saturated rings. The van der Waals surface area contributed by atoms with Crippen LogP contribution in [-0.4, -0.2) is 29.2 Å². The van der Waals surface area contributed by atoms with Gasteiger partial charge < -0.3 is 19.4 Å². The Bertz CT molecular complexity index is 989. The van der Waals surface area contributed by atoms with Crippen molar-refractivity contribution >= 4 is 5.91 Å². The fraction of sp³-hybridized carbons (Fsp3) is 0.190. The van der Waals surface area contributed by atoms with Crippen LogP contribution >= 0.6 is 0 Å². The van der Waals surface area contributed by atoms with Gasteiger partial charge in [-0.25, -0.2) is 4.98 Å². The summed E-state index contributed by atoms with van der Waals surface area (Å²) in [5.41, 5.74) is 1.24. The normalized spacial score (nSPS) is 11.3. The summed E-state index contributed by atoms with van der Waals surface area (Å²) in [6.07, 6.45) is 3.50. The highest BCUT2D eigenvalue weighted by atomic mass is 16.5. The molecule has 1 N–H and O–H groups in total. The number of nitriles is 1. The zero-order valence-electron chi connectivity index (χ0n) is 15.6. The molecule has 1 heterocycles. The van der Waals surface area contributed by atoms with E-state index < -0.39 is 6.04 Å². The largest absolute Gasteiger partial charge is 0.497 e. The molecule has 3 rings (SSSR count). The molecular formula is C21H20N4O3. The van der Waals surface area contributed by atoms with Crippen molar-refractivity contribution in [2.45, 2.75) is 6.04 Å². The number of hydrogen-bond donors (Lipinski definition) is 1. The van der Waals surface area contributed by atoms with E-state index in [1.54, 1.807) is 37.6 Å². The number of carbonyl (C=O) groups excluding carboxylic acids is 1. The maximum absolute atomic E-state index is 12.5. The molecule has 1 aromatic heterocycles. The number of ether oxygens (including phenoxy) is 2. The third-order valence-corrected chi connectivity index (χ3v) is 4.24. The minimum absolute atomic E-state index is 0.213. The lowest BCUT2D eigenvalue weighted by Gasteiger charge is -2.19. The van der Waals surface area contributed by atoms with Crippen LogP contribution in [0.3, 0.4) is 0 Å². The van der Waals surface area contributed by atoms with Gasteiger partial charge in [-0.3, -0.25) is 4.79 Å². The fourth-order valence-corrected chi connectivity index (χ4v) is 2.78. The molecule has 1 amide bonds. The third kappa shape index (κ3) is 4.30. The van der Waals surface area contributed by atoms with Gasteiger partial charge in [-0.2, -0.15) is 5.26 Å². The molecule has 0 radical (unpaired) electrons. The van der Waals surface area contributed by atoms with E-state index in [1.165, 1.54) is 0 Å². The summed E-state index contributed by atoms with van der Waals surface area (Å²) in [6, 6.07) is 15.8. The summed E-state index contributed by atoms with van der Waals surface area (Å²) < 4.78 is 12.6. The van der Waals surface area contributed by atoms with E-state index >= 15 is 0 Å². The second kappa shape index (κ2) is 8.73. The lowest BCUT2D eigenvalue weighted by Crippen LogP contribution is -2.34. The first-order chi connectivity index (χ1) is 13.6. The standard InChI is InChI=1S/C21H20N4O3/c1-25-12-11-23-21(25)20(15-7-9-17(27-2)10-8-15)24-19(26)14-28-18-6-4-3-5-16(18)13-22/h3-12,20H,14H2,1-2H3,(H,24,26). The Morgan fingerprint density at radius 2 is 2.00 bits per heavy atom. The van der Waals surface area contributed by atoms with E-state index in [1.807, 2.05) is 48.1 Å². The first-order valence-electron chi connectivity index (χ1n) is 8.65. The van der Waals surface area contributed by atoms with E-state index in [4.69, 9.17) is 14.7 Å². The van der Waals surface area contributed by atoms with Crippen LogP contribution in [0.25, 0.3) is 0 Å². The molecule has 0 spiro atoms. The van der Waals surface area contributed by atoms with Crippen LogP contribution < -0.4 is 14.8 Å². The summed E-state index contributed by atoms with van der Waals surface area (Å²) in [6.45, 7) is -0.213. The molecule has 2 aromatic carbocycles. The monoisotopic (exact) mass is 376 g/mol. The average molecular weight is 376 g/mol. The highest BCUT2D eigenvalue weighted by molar-refractivity contribution is 5.78. The van der Waals surface area contributed by atoms with Gasteiger partial charge in [0.15, 0.2) is 6.61 Å². The molecule has 7 heteroatoms. The van der Waals surface area contributed by atoms with E-state index in [0.29, 0.717) is 17.1 Å². The number of imidazole rings is 1. The molecule has 0 aliphatic heterocycles. The quantitative estimate of drug-likeness (QED) is 0.685. The number of methoxy groups -OCH3 is 1. The zero-order chi connectivity index (χ0) is 19.9. The Labute approximate surface area is 163 Å². The van der Waals surface area contributed by atoms with E-state index in [9.17, 15) is 4.79 Å². The van der Waals surface area contributed by atoms with Gasteiger partial charge >= 0.3 is 0 Å². The van der Waals surface area contributed by atoms with Gasteiger partial charge in [0.05, 0.1) is 12.7 Å². The summed E-state index contributed by atoms with van der Waals surface area (Å²) in [4.78, 5) is 16.9. The lowest BCUT2D eigenvalue weighted by molar-refractivity contribution is -0.123. The fourth-order valence-electron chi connectivity index (χ4n) is 2.78. The van der Waals surface area contributed by atoms with Gasteiger partial charge in [0.1, 0.15) is 29.4 Å². The van der Waals surface area contributed by atoms with Crippen LogP contribution in [0.5, 0.6) is 11.5 Å². The molecule has 1 atom stereocenters.